The Labute approximate surface area is 465 Å². The van der Waals surface area contributed by atoms with E-state index >= 15 is 26.3 Å². The van der Waals surface area contributed by atoms with Crippen LogP contribution in [0.4, 0.5) is 26.3 Å². The van der Waals surface area contributed by atoms with E-state index < -0.39 is 61.4 Å². The summed E-state index contributed by atoms with van der Waals surface area (Å²) in [6.45, 7) is 1.83. The van der Waals surface area contributed by atoms with Crippen LogP contribution in [0.2, 0.25) is 0 Å². The molecule has 0 N–H and O–H groups in total. The van der Waals surface area contributed by atoms with Gasteiger partial charge in [-0.1, -0.05) is 0 Å². The molecule has 412 valence electrons. The van der Waals surface area contributed by atoms with E-state index in [4.69, 9.17) is 23.0 Å². The molecule has 9 rings (SSSR count). The molecule has 0 aliphatic carbocycles. The van der Waals surface area contributed by atoms with Gasteiger partial charge < -0.3 is 0 Å². The summed E-state index contributed by atoms with van der Waals surface area (Å²) in [5, 5.41) is 3.98. The molecular weight excluding hydrogens is 1060 g/mol. The number of alkyl halides is 6. The summed E-state index contributed by atoms with van der Waals surface area (Å²) in [5.74, 6) is 0.432. The number of halogens is 6. The van der Waals surface area contributed by atoms with Crippen molar-refractivity contribution in [2.45, 2.75) is 77.4 Å². The van der Waals surface area contributed by atoms with Crippen molar-refractivity contribution >= 4 is 52.8 Å². The maximum absolute atomic E-state index is 15.1. The van der Waals surface area contributed by atoms with Gasteiger partial charge >= 0.3 is 468 Å². The molecule has 9 aromatic carbocycles. The third kappa shape index (κ3) is 11.8. The van der Waals surface area contributed by atoms with Gasteiger partial charge in [-0.15, -0.1) is 0 Å². The average molecular weight is 1120 g/mol. The molecule has 0 amide bonds. The third-order valence-corrected chi connectivity index (χ3v) is 25.5. The minimum atomic E-state index is -5.23. The van der Waals surface area contributed by atoms with Gasteiger partial charge in [0.15, 0.2) is 0 Å². The summed E-state index contributed by atoms with van der Waals surface area (Å²) in [7, 11) is -2.14. The van der Waals surface area contributed by atoms with Crippen LogP contribution in [0.3, 0.4) is 0 Å². The van der Waals surface area contributed by atoms with Crippen LogP contribution < -0.4 is 46.0 Å². The zero-order valence-electron chi connectivity index (χ0n) is 45.4. The predicted molar refractivity (Wildman–Crippen MR) is 316 cm³/mol. The summed E-state index contributed by atoms with van der Waals surface area (Å²) in [5.41, 5.74) is -2.67. The average Bonchev–Trinajstić information content (AvgIpc) is 3.54. The summed E-state index contributed by atoms with van der Waals surface area (Å²) in [4.78, 5) is 0. The fourth-order valence-electron chi connectivity index (χ4n) is 10.6. The molecule has 0 atom stereocenters. The van der Waals surface area contributed by atoms with Gasteiger partial charge in [-0.2, -0.15) is 0 Å². The monoisotopic (exact) mass is 1120 g/mol. The molecular formula is C66H63BF6O5P2. The van der Waals surface area contributed by atoms with E-state index in [9.17, 15) is 0 Å². The Hall–Kier alpha value is -7.20. The molecule has 0 unspecified atom stereocenters. The molecule has 9 aromatic rings. The molecule has 0 spiro atoms. The Balaban J connectivity index is 1.45. The fraction of sp³-hybridized carbons (Fsp3) is 0.182. The third-order valence-electron chi connectivity index (χ3n) is 13.9. The number of ether oxygens (including phenoxy) is 2. The number of hydrogen-bond acceptors (Lipinski definition) is 5. The molecule has 0 saturated carbocycles. The van der Waals surface area contributed by atoms with Crippen LogP contribution in [-0.4, -0.2) is 18.5 Å². The summed E-state index contributed by atoms with van der Waals surface area (Å²) in [6.07, 6.45) is -10.3. The molecule has 0 aliphatic rings. The molecule has 14 heteroatoms. The van der Waals surface area contributed by atoms with Crippen molar-refractivity contribution < 1.29 is 49.4 Å². The number of hydrogen-bond donors (Lipinski definition) is 0. The van der Waals surface area contributed by atoms with Gasteiger partial charge in [-0.05, 0) is 0 Å². The fourth-order valence-corrected chi connectivity index (χ4v) is 22.0. The van der Waals surface area contributed by atoms with Crippen LogP contribution in [0.1, 0.15) is 63.8 Å². The van der Waals surface area contributed by atoms with Gasteiger partial charge in [-0.25, -0.2) is 0 Å². The molecule has 0 fully saturated rings. The van der Waals surface area contributed by atoms with Gasteiger partial charge in [0.2, 0.25) is 0 Å². The second-order valence-electron chi connectivity index (χ2n) is 21.8. The van der Waals surface area contributed by atoms with Crippen LogP contribution in [0.5, 0.6) is 17.2 Å². The molecule has 0 aliphatic heterocycles. The van der Waals surface area contributed by atoms with Crippen molar-refractivity contribution in [2.75, 3.05) is 0 Å². The maximum atomic E-state index is 15.1. The summed E-state index contributed by atoms with van der Waals surface area (Å²) >= 11 is 0. The standard InChI is InChI=1S/C66H63BF6O5P2/c1-63(2,3)74-54-41-37-50(38-42-54)48-79(57-25-13-7-14-26-57,58-27-15-8-16-28-58,59-29-17-9-18-30-59)77-67(76-56-46-52(65(68,69)70)45-53(47-56)66(71,72)73)78-80(60-31-19-10-20-32-60,61-33-21-11-22-34-61,62-35-23-12-24-36-62)49-51-39-43-55(44-40-51)75-64(4,5)6/h7-47H,48-49H2,1-6H3. The first-order chi connectivity index (χ1) is 38.0. The van der Waals surface area contributed by atoms with Gasteiger partial charge in [0.1, 0.15) is 0 Å². The van der Waals surface area contributed by atoms with Crippen molar-refractivity contribution in [3.05, 3.63) is 271 Å². The van der Waals surface area contributed by atoms with E-state index in [-0.39, 0.29) is 18.4 Å². The molecule has 0 aromatic heterocycles. The molecule has 80 heavy (non-hydrogen) atoms. The molecule has 0 radical (unpaired) electrons. The molecule has 5 nitrogen and oxygen atoms in total. The Morgan fingerprint density at radius 2 is 0.575 bits per heavy atom. The Bertz CT molecular complexity index is 3050. The van der Waals surface area contributed by atoms with Gasteiger partial charge in [0, 0.05) is 0 Å². The van der Waals surface area contributed by atoms with Crippen LogP contribution in [0, 0.1) is 0 Å². The first-order valence-corrected chi connectivity index (χ1v) is 30.9. The van der Waals surface area contributed by atoms with E-state index in [1.165, 1.54) is 0 Å². The SMILES string of the molecule is CC(C)(C)Oc1ccc(CP(OB(Oc2cc(C(F)(F)F)cc(C(F)(F)F)c2)OP(Cc2ccc(OC(C)(C)C)cc2)(c2ccccc2)(c2ccccc2)c2ccccc2)(c2ccccc2)(c2ccccc2)c2ccccc2)cc1. The van der Waals surface area contributed by atoms with Gasteiger partial charge in [0.25, 0.3) is 0 Å². The Morgan fingerprint density at radius 3 is 0.800 bits per heavy atom. The minimum absolute atomic E-state index is 0.0828. The quantitative estimate of drug-likeness (QED) is 0.0487. The second kappa shape index (κ2) is 22.4. The first-order valence-electron chi connectivity index (χ1n) is 26.2. The van der Waals surface area contributed by atoms with Crippen LogP contribution in [0.25, 0.3) is 0 Å². The second-order valence-corrected chi connectivity index (χ2v) is 30.8. The van der Waals surface area contributed by atoms with E-state index in [1.807, 2.05) is 272 Å². The molecule has 0 heterocycles. The first kappa shape index (κ1) is 57.5. The zero-order valence-corrected chi connectivity index (χ0v) is 47.2. The van der Waals surface area contributed by atoms with Crippen LogP contribution in [0.15, 0.2) is 249 Å². The predicted octanol–water partition coefficient (Wildman–Crippen LogP) is 15.8. The number of rotatable bonds is 18. The van der Waals surface area contributed by atoms with Crippen molar-refractivity contribution in [2.24, 2.45) is 0 Å². The molecule has 0 saturated heterocycles. The van der Waals surface area contributed by atoms with Crippen molar-refractivity contribution in [1.29, 1.82) is 0 Å². The summed E-state index contributed by atoms with van der Waals surface area (Å²) in [6, 6.07) is 73.8. The van der Waals surface area contributed by atoms with Crippen LogP contribution in [-0.2, 0) is 33.6 Å². The topological polar surface area (TPSA) is 46.2 Å². The van der Waals surface area contributed by atoms with E-state index in [1.54, 1.807) is 0 Å². The van der Waals surface area contributed by atoms with Gasteiger partial charge in [-0.3, -0.25) is 0 Å². The Kier molecular flexibility index (Phi) is 16.1. The summed E-state index contributed by atoms with van der Waals surface area (Å²) < 4.78 is 127. The Morgan fingerprint density at radius 1 is 0.325 bits per heavy atom. The van der Waals surface area contributed by atoms with Gasteiger partial charge in [0.05, 0.1) is 0 Å². The number of benzene rings is 9. The zero-order chi connectivity index (χ0) is 56.9. The van der Waals surface area contributed by atoms with E-state index in [2.05, 4.69) is 0 Å². The van der Waals surface area contributed by atoms with Crippen molar-refractivity contribution in [3.8, 4) is 17.2 Å². The van der Waals surface area contributed by atoms with Crippen LogP contribution >= 0.6 is 13.7 Å². The van der Waals surface area contributed by atoms with Crippen molar-refractivity contribution in [3.63, 3.8) is 0 Å². The van der Waals surface area contributed by atoms with Crippen molar-refractivity contribution in [1.82, 2.24) is 0 Å². The molecule has 0 bridgehead atoms. The van der Waals surface area contributed by atoms with E-state index in [0.29, 0.717) is 55.5 Å². The van der Waals surface area contributed by atoms with E-state index in [0.717, 1.165) is 11.1 Å². The normalized spacial score (nSPS) is 13.5.